The van der Waals surface area contributed by atoms with Gasteiger partial charge in [0, 0.05) is 12.6 Å². The molecule has 2 rings (SSSR count). The molecule has 1 unspecified atom stereocenters. The van der Waals surface area contributed by atoms with Crippen LogP contribution in [0.15, 0.2) is 54.6 Å². The summed E-state index contributed by atoms with van der Waals surface area (Å²) in [7, 11) is 3.72. The van der Waals surface area contributed by atoms with Crippen molar-refractivity contribution in [1.82, 2.24) is 4.90 Å². The van der Waals surface area contributed by atoms with Crippen LogP contribution >= 0.6 is 0 Å². The molecule has 1 atom stereocenters. The Bertz CT molecular complexity index is 604. The highest BCUT2D eigenvalue weighted by Crippen LogP contribution is 2.25. The standard InChI is InChI=1S/C18H20N2O/c1-20(14-15-7-6-10-17(13-15)21-2)18(11-12-19)16-8-4-3-5-9-16/h3-10,13,18H,11,14H2,1-2H3. The van der Waals surface area contributed by atoms with Crippen LogP contribution in [0.5, 0.6) is 5.75 Å². The van der Waals surface area contributed by atoms with Gasteiger partial charge in [-0.1, -0.05) is 42.5 Å². The lowest BCUT2D eigenvalue weighted by atomic mass is 10.0. The fourth-order valence-electron chi connectivity index (χ4n) is 2.46. The van der Waals surface area contributed by atoms with Crippen LogP contribution in [0.25, 0.3) is 0 Å². The van der Waals surface area contributed by atoms with E-state index in [4.69, 9.17) is 10.00 Å². The maximum atomic E-state index is 9.10. The number of hydrogen-bond donors (Lipinski definition) is 0. The molecular weight excluding hydrogens is 260 g/mol. The summed E-state index contributed by atoms with van der Waals surface area (Å²) in [6, 6.07) is 20.6. The second kappa shape index (κ2) is 7.47. The maximum Gasteiger partial charge on any atom is 0.119 e. The lowest BCUT2D eigenvalue weighted by molar-refractivity contribution is 0.239. The Morgan fingerprint density at radius 3 is 2.57 bits per heavy atom. The van der Waals surface area contributed by atoms with Gasteiger partial charge >= 0.3 is 0 Å². The molecule has 0 aliphatic carbocycles. The number of benzene rings is 2. The lowest BCUT2D eigenvalue weighted by Crippen LogP contribution is -2.24. The summed E-state index contributed by atoms with van der Waals surface area (Å²) in [6.45, 7) is 0.776. The third-order valence-corrected chi connectivity index (χ3v) is 3.57. The van der Waals surface area contributed by atoms with Crippen LogP contribution in [0.3, 0.4) is 0 Å². The molecule has 0 heterocycles. The molecule has 2 aromatic rings. The van der Waals surface area contributed by atoms with E-state index in [-0.39, 0.29) is 6.04 Å². The minimum absolute atomic E-state index is 0.0994. The predicted octanol–water partition coefficient (Wildman–Crippen LogP) is 3.78. The summed E-state index contributed by atoms with van der Waals surface area (Å²) in [4.78, 5) is 2.20. The molecule has 0 saturated carbocycles. The molecule has 0 bridgehead atoms. The molecule has 0 aromatic heterocycles. The highest BCUT2D eigenvalue weighted by molar-refractivity contribution is 5.28. The van der Waals surface area contributed by atoms with E-state index in [9.17, 15) is 0 Å². The van der Waals surface area contributed by atoms with Gasteiger partial charge in [-0.05, 0) is 30.3 Å². The molecular formula is C18H20N2O. The van der Waals surface area contributed by atoms with E-state index in [1.165, 1.54) is 11.1 Å². The fourth-order valence-corrected chi connectivity index (χ4v) is 2.46. The molecule has 3 nitrogen and oxygen atoms in total. The van der Waals surface area contributed by atoms with Gasteiger partial charge in [0.2, 0.25) is 0 Å². The molecule has 3 heteroatoms. The molecule has 0 aliphatic rings. The van der Waals surface area contributed by atoms with Crippen molar-refractivity contribution in [3.63, 3.8) is 0 Å². The minimum Gasteiger partial charge on any atom is -0.497 e. The third kappa shape index (κ3) is 4.08. The van der Waals surface area contributed by atoms with Crippen molar-refractivity contribution in [2.24, 2.45) is 0 Å². The van der Waals surface area contributed by atoms with Gasteiger partial charge in [-0.2, -0.15) is 5.26 Å². The van der Waals surface area contributed by atoms with Gasteiger partial charge in [0.15, 0.2) is 0 Å². The molecule has 0 saturated heterocycles. The number of hydrogen-bond acceptors (Lipinski definition) is 3. The average Bonchev–Trinajstić information content (AvgIpc) is 2.53. The molecule has 0 spiro atoms. The van der Waals surface area contributed by atoms with Crippen LogP contribution in [0.2, 0.25) is 0 Å². The topological polar surface area (TPSA) is 36.3 Å². The molecule has 108 valence electrons. The molecule has 0 amide bonds. The van der Waals surface area contributed by atoms with Crippen molar-refractivity contribution in [3.8, 4) is 11.8 Å². The highest BCUT2D eigenvalue weighted by Gasteiger charge is 2.16. The Morgan fingerprint density at radius 2 is 1.90 bits per heavy atom. The van der Waals surface area contributed by atoms with Crippen molar-refractivity contribution < 1.29 is 4.74 Å². The average molecular weight is 280 g/mol. The molecule has 2 aromatic carbocycles. The van der Waals surface area contributed by atoms with Crippen molar-refractivity contribution in [2.45, 2.75) is 19.0 Å². The van der Waals surface area contributed by atoms with Crippen molar-refractivity contribution >= 4 is 0 Å². The SMILES string of the molecule is COc1cccc(CN(C)C(CC#N)c2ccccc2)c1. The van der Waals surface area contributed by atoms with Crippen LogP contribution in [-0.4, -0.2) is 19.1 Å². The quantitative estimate of drug-likeness (QED) is 0.808. The maximum absolute atomic E-state index is 9.10. The molecule has 0 N–H and O–H groups in total. The summed E-state index contributed by atoms with van der Waals surface area (Å²) in [5.74, 6) is 0.859. The van der Waals surface area contributed by atoms with Crippen molar-refractivity contribution in [3.05, 3.63) is 65.7 Å². The Morgan fingerprint density at radius 1 is 1.14 bits per heavy atom. The van der Waals surface area contributed by atoms with Crippen LogP contribution in [-0.2, 0) is 6.54 Å². The van der Waals surface area contributed by atoms with Gasteiger partial charge in [-0.3, -0.25) is 4.90 Å². The van der Waals surface area contributed by atoms with E-state index in [0.29, 0.717) is 6.42 Å². The molecule has 0 radical (unpaired) electrons. The van der Waals surface area contributed by atoms with E-state index in [0.717, 1.165) is 12.3 Å². The van der Waals surface area contributed by atoms with Crippen LogP contribution in [0, 0.1) is 11.3 Å². The molecule has 0 fully saturated rings. The fraction of sp³-hybridized carbons (Fsp3) is 0.278. The number of nitriles is 1. The van der Waals surface area contributed by atoms with Gasteiger partial charge in [0.05, 0.1) is 19.6 Å². The lowest BCUT2D eigenvalue weighted by Gasteiger charge is -2.26. The van der Waals surface area contributed by atoms with E-state index < -0.39 is 0 Å². The first kappa shape index (κ1) is 15.1. The summed E-state index contributed by atoms with van der Waals surface area (Å²) in [5, 5.41) is 9.10. The van der Waals surface area contributed by atoms with E-state index in [1.54, 1.807) is 7.11 Å². The van der Waals surface area contributed by atoms with Gasteiger partial charge in [0.1, 0.15) is 5.75 Å². The van der Waals surface area contributed by atoms with Crippen molar-refractivity contribution in [1.29, 1.82) is 5.26 Å². The van der Waals surface area contributed by atoms with E-state index in [1.807, 2.05) is 36.4 Å². The van der Waals surface area contributed by atoms with E-state index >= 15 is 0 Å². The monoisotopic (exact) mass is 280 g/mol. The summed E-state index contributed by atoms with van der Waals surface area (Å²) in [5.41, 5.74) is 2.35. The summed E-state index contributed by atoms with van der Waals surface area (Å²) < 4.78 is 5.26. The van der Waals surface area contributed by atoms with E-state index in [2.05, 4.69) is 36.2 Å². The first-order valence-electron chi connectivity index (χ1n) is 6.99. The van der Waals surface area contributed by atoms with Gasteiger partial charge in [-0.15, -0.1) is 0 Å². The summed E-state index contributed by atoms with van der Waals surface area (Å²) in [6.07, 6.45) is 0.477. The molecule has 21 heavy (non-hydrogen) atoms. The van der Waals surface area contributed by atoms with Crippen LogP contribution < -0.4 is 4.74 Å². The normalized spacial score (nSPS) is 11.9. The molecule has 0 aliphatic heterocycles. The number of nitrogens with zero attached hydrogens (tertiary/aromatic N) is 2. The minimum atomic E-state index is 0.0994. The Balaban J connectivity index is 2.15. The third-order valence-electron chi connectivity index (χ3n) is 3.57. The number of rotatable bonds is 6. The Hall–Kier alpha value is -2.31. The van der Waals surface area contributed by atoms with Crippen molar-refractivity contribution in [2.75, 3.05) is 14.2 Å². The van der Waals surface area contributed by atoms with Gasteiger partial charge in [-0.25, -0.2) is 0 Å². The van der Waals surface area contributed by atoms with Crippen LogP contribution in [0.4, 0.5) is 0 Å². The second-order valence-electron chi connectivity index (χ2n) is 5.06. The summed E-state index contributed by atoms with van der Waals surface area (Å²) >= 11 is 0. The zero-order valence-corrected chi connectivity index (χ0v) is 12.5. The van der Waals surface area contributed by atoms with Gasteiger partial charge in [0.25, 0.3) is 0 Å². The van der Waals surface area contributed by atoms with Gasteiger partial charge < -0.3 is 4.74 Å². The largest absolute Gasteiger partial charge is 0.497 e. The van der Waals surface area contributed by atoms with Crippen LogP contribution in [0.1, 0.15) is 23.6 Å². The first-order valence-corrected chi connectivity index (χ1v) is 6.99. The first-order chi connectivity index (χ1) is 10.2. The highest BCUT2D eigenvalue weighted by atomic mass is 16.5. The Kier molecular flexibility index (Phi) is 5.36. The second-order valence-corrected chi connectivity index (χ2v) is 5.06. The Labute approximate surface area is 126 Å². The number of methoxy groups -OCH3 is 1. The zero-order valence-electron chi connectivity index (χ0n) is 12.5. The predicted molar refractivity (Wildman–Crippen MR) is 83.9 cm³/mol. The smallest absolute Gasteiger partial charge is 0.119 e. The zero-order chi connectivity index (χ0) is 15.1. The number of ether oxygens (including phenoxy) is 1.